The summed E-state index contributed by atoms with van der Waals surface area (Å²) in [6, 6.07) is 11.6. The van der Waals surface area contributed by atoms with Gasteiger partial charge in [-0.2, -0.15) is 0 Å². The lowest BCUT2D eigenvalue weighted by atomic mass is 10.0. The average Bonchev–Trinajstić information content (AvgIpc) is 2.39. The number of methoxy groups -OCH3 is 1. The van der Waals surface area contributed by atoms with E-state index in [4.69, 9.17) is 4.74 Å². The molecule has 0 radical (unpaired) electrons. The van der Waals surface area contributed by atoms with E-state index in [-0.39, 0.29) is 17.8 Å². The molecule has 2 aromatic carbocycles. The first-order chi connectivity index (χ1) is 9.11. The Bertz CT molecular complexity index is 611. The summed E-state index contributed by atoms with van der Waals surface area (Å²) in [4.78, 5) is 12.1. The van der Waals surface area contributed by atoms with Crippen molar-refractivity contribution in [3.8, 4) is 5.75 Å². The van der Waals surface area contributed by atoms with E-state index >= 15 is 0 Å². The minimum atomic E-state index is -0.519. The van der Waals surface area contributed by atoms with Crippen molar-refractivity contribution in [1.29, 1.82) is 0 Å². The third-order valence-corrected chi connectivity index (χ3v) is 3.27. The van der Waals surface area contributed by atoms with Crippen LogP contribution in [0.1, 0.15) is 15.9 Å². The smallest absolute Gasteiger partial charge is 0.170 e. The van der Waals surface area contributed by atoms with Gasteiger partial charge in [0.2, 0.25) is 0 Å². The molecule has 2 aromatic rings. The molecule has 0 bridgehead atoms. The van der Waals surface area contributed by atoms with Gasteiger partial charge in [0.15, 0.2) is 5.78 Å². The number of carbonyl (C=O) groups is 1. The number of ketones is 1. The molecule has 0 amide bonds. The fourth-order valence-corrected chi connectivity index (χ4v) is 2.17. The lowest BCUT2D eigenvalue weighted by Crippen LogP contribution is -2.07. The number of rotatable bonds is 4. The quantitative estimate of drug-likeness (QED) is 0.795. The second kappa shape index (κ2) is 5.97. The summed E-state index contributed by atoms with van der Waals surface area (Å²) >= 11 is 3.16. The number of carbonyl (C=O) groups excluding carboxylic acids is 1. The third-order valence-electron chi connectivity index (χ3n) is 2.78. The summed E-state index contributed by atoms with van der Waals surface area (Å²) in [6.45, 7) is 0. The molecule has 19 heavy (non-hydrogen) atoms. The second-order valence-corrected chi connectivity index (χ2v) is 4.95. The summed E-state index contributed by atoms with van der Waals surface area (Å²) in [6.07, 6.45) is 0.114. The van der Waals surface area contributed by atoms with Crippen molar-refractivity contribution in [2.45, 2.75) is 6.42 Å². The molecule has 0 saturated carbocycles. The van der Waals surface area contributed by atoms with Gasteiger partial charge in [-0.25, -0.2) is 4.39 Å². The van der Waals surface area contributed by atoms with Gasteiger partial charge in [-0.15, -0.1) is 0 Å². The maximum atomic E-state index is 13.7. The van der Waals surface area contributed by atoms with E-state index in [2.05, 4.69) is 15.9 Å². The van der Waals surface area contributed by atoms with E-state index in [1.165, 1.54) is 12.1 Å². The summed E-state index contributed by atoms with van der Waals surface area (Å²) < 4.78 is 19.5. The molecule has 0 saturated heterocycles. The van der Waals surface area contributed by atoms with Crippen molar-refractivity contribution in [2.24, 2.45) is 0 Å². The van der Waals surface area contributed by atoms with Crippen molar-refractivity contribution in [3.63, 3.8) is 0 Å². The average molecular weight is 323 g/mol. The molecule has 0 aliphatic rings. The van der Waals surface area contributed by atoms with Crippen LogP contribution in [-0.2, 0) is 6.42 Å². The molecule has 4 heteroatoms. The highest BCUT2D eigenvalue weighted by Gasteiger charge is 2.14. The van der Waals surface area contributed by atoms with Crippen LogP contribution >= 0.6 is 15.9 Å². The van der Waals surface area contributed by atoms with Gasteiger partial charge in [0.05, 0.1) is 12.7 Å². The van der Waals surface area contributed by atoms with Crippen LogP contribution in [0.3, 0.4) is 0 Å². The molecule has 0 N–H and O–H groups in total. The van der Waals surface area contributed by atoms with E-state index in [1.807, 2.05) is 12.1 Å². The van der Waals surface area contributed by atoms with Gasteiger partial charge in [0.1, 0.15) is 11.6 Å². The van der Waals surface area contributed by atoms with Crippen LogP contribution in [-0.4, -0.2) is 12.9 Å². The number of benzene rings is 2. The van der Waals surface area contributed by atoms with E-state index in [1.54, 1.807) is 25.3 Å². The molecule has 0 atom stereocenters. The predicted octanol–water partition coefficient (Wildman–Crippen LogP) is 4.02. The van der Waals surface area contributed by atoms with E-state index < -0.39 is 5.82 Å². The van der Waals surface area contributed by atoms with Crippen LogP contribution in [0.5, 0.6) is 5.75 Å². The van der Waals surface area contributed by atoms with Crippen molar-refractivity contribution in [1.82, 2.24) is 0 Å². The van der Waals surface area contributed by atoms with Gasteiger partial charge in [0.25, 0.3) is 0 Å². The Labute approximate surface area is 119 Å². The largest absolute Gasteiger partial charge is 0.496 e. The number of para-hydroxylation sites is 1. The van der Waals surface area contributed by atoms with Crippen LogP contribution in [0.4, 0.5) is 4.39 Å². The molecule has 0 spiro atoms. The van der Waals surface area contributed by atoms with Gasteiger partial charge < -0.3 is 4.74 Å². The maximum absolute atomic E-state index is 13.7. The highest BCUT2D eigenvalue weighted by atomic mass is 79.9. The zero-order valence-electron chi connectivity index (χ0n) is 10.3. The Morgan fingerprint density at radius 2 is 2.00 bits per heavy atom. The molecule has 98 valence electrons. The maximum Gasteiger partial charge on any atom is 0.170 e. The van der Waals surface area contributed by atoms with Crippen LogP contribution in [0.2, 0.25) is 0 Å². The van der Waals surface area contributed by atoms with Crippen LogP contribution in [0.15, 0.2) is 46.9 Å². The Kier molecular flexibility index (Phi) is 4.32. The number of hydrogen-bond acceptors (Lipinski definition) is 2. The lowest BCUT2D eigenvalue weighted by molar-refractivity contribution is 0.0988. The van der Waals surface area contributed by atoms with Crippen LogP contribution in [0, 0.1) is 5.82 Å². The molecule has 0 heterocycles. The zero-order valence-corrected chi connectivity index (χ0v) is 11.9. The normalized spacial score (nSPS) is 10.3. The van der Waals surface area contributed by atoms with Crippen molar-refractivity contribution in [2.75, 3.05) is 7.11 Å². The third kappa shape index (κ3) is 3.20. The van der Waals surface area contributed by atoms with Crippen LogP contribution < -0.4 is 4.74 Å². The SMILES string of the molecule is COc1ccccc1CC(=O)c1ccc(Br)cc1F. The zero-order chi connectivity index (χ0) is 13.8. The fourth-order valence-electron chi connectivity index (χ4n) is 1.83. The Morgan fingerprint density at radius 1 is 1.26 bits per heavy atom. The first kappa shape index (κ1) is 13.7. The molecule has 0 aliphatic heterocycles. The summed E-state index contributed by atoms with van der Waals surface area (Å²) in [5.41, 5.74) is 0.839. The Hall–Kier alpha value is -1.68. The van der Waals surface area contributed by atoms with Gasteiger partial charge in [0, 0.05) is 16.5 Å². The number of Topliss-reactive ketones (excluding diaryl/α,β-unsaturated/α-hetero) is 1. The number of halogens is 2. The predicted molar refractivity (Wildman–Crippen MR) is 75.1 cm³/mol. The molecule has 0 aromatic heterocycles. The highest BCUT2D eigenvalue weighted by molar-refractivity contribution is 9.10. The van der Waals surface area contributed by atoms with E-state index in [9.17, 15) is 9.18 Å². The van der Waals surface area contributed by atoms with Gasteiger partial charge in [-0.05, 0) is 24.3 Å². The standard InChI is InChI=1S/C15H12BrFO2/c1-19-15-5-3-2-4-10(15)8-14(18)12-7-6-11(16)9-13(12)17/h2-7,9H,8H2,1H3. The van der Waals surface area contributed by atoms with Crippen molar-refractivity contribution in [3.05, 3.63) is 63.9 Å². The number of hydrogen-bond donors (Lipinski definition) is 0. The van der Waals surface area contributed by atoms with E-state index in [0.717, 1.165) is 5.56 Å². The first-order valence-corrected chi connectivity index (χ1v) is 6.51. The molecule has 0 aliphatic carbocycles. The first-order valence-electron chi connectivity index (χ1n) is 5.72. The molecule has 0 unspecified atom stereocenters. The van der Waals surface area contributed by atoms with Crippen LogP contribution in [0.25, 0.3) is 0 Å². The Morgan fingerprint density at radius 3 is 2.68 bits per heavy atom. The molecular weight excluding hydrogens is 311 g/mol. The molecule has 2 rings (SSSR count). The monoisotopic (exact) mass is 322 g/mol. The minimum Gasteiger partial charge on any atom is -0.496 e. The number of ether oxygens (including phenoxy) is 1. The fraction of sp³-hybridized carbons (Fsp3) is 0.133. The van der Waals surface area contributed by atoms with E-state index in [0.29, 0.717) is 10.2 Å². The van der Waals surface area contributed by atoms with Crippen molar-refractivity contribution < 1.29 is 13.9 Å². The minimum absolute atomic E-state index is 0.0918. The molecule has 2 nitrogen and oxygen atoms in total. The summed E-state index contributed by atoms with van der Waals surface area (Å²) in [5.74, 6) is -0.155. The molecule has 0 fully saturated rings. The topological polar surface area (TPSA) is 26.3 Å². The molecular formula is C15H12BrFO2. The lowest BCUT2D eigenvalue weighted by Gasteiger charge is -2.08. The summed E-state index contributed by atoms with van der Waals surface area (Å²) in [5, 5.41) is 0. The van der Waals surface area contributed by atoms with Gasteiger partial charge in [-0.1, -0.05) is 34.1 Å². The second-order valence-electron chi connectivity index (χ2n) is 4.04. The highest BCUT2D eigenvalue weighted by Crippen LogP contribution is 2.21. The van der Waals surface area contributed by atoms with Gasteiger partial charge in [-0.3, -0.25) is 4.79 Å². The summed E-state index contributed by atoms with van der Waals surface area (Å²) in [7, 11) is 1.55. The Balaban J connectivity index is 2.26. The van der Waals surface area contributed by atoms with Crippen molar-refractivity contribution >= 4 is 21.7 Å². The van der Waals surface area contributed by atoms with Gasteiger partial charge >= 0.3 is 0 Å².